The van der Waals surface area contributed by atoms with Gasteiger partial charge in [0.05, 0.1) is 11.0 Å². The van der Waals surface area contributed by atoms with Crippen LogP contribution in [0.4, 0.5) is 5.69 Å². The molecule has 1 amide bonds. The molecule has 0 atom stereocenters. The van der Waals surface area contributed by atoms with Crippen molar-refractivity contribution in [3.8, 4) is 5.75 Å². The quantitative estimate of drug-likeness (QED) is 0.411. The molecule has 3 aromatic rings. The molecule has 3 heterocycles. The molecule has 2 saturated heterocycles. The first-order valence-electron chi connectivity index (χ1n) is 13.9. The third-order valence-electron chi connectivity index (χ3n) is 7.88. The van der Waals surface area contributed by atoms with Gasteiger partial charge in [0.1, 0.15) is 5.75 Å². The molecule has 2 N–H and O–H groups in total. The molecule has 2 aliphatic heterocycles. The zero-order valence-electron chi connectivity index (χ0n) is 22.9. The maximum atomic E-state index is 13.3. The van der Waals surface area contributed by atoms with Gasteiger partial charge in [0.15, 0.2) is 10.8 Å². The van der Waals surface area contributed by atoms with Gasteiger partial charge in [-0.25, -0.2) is 9.97 Å². The van der Waals surface area contributed by atoms with Crippen molar-refractivity contribution in [3.63, 3.8) is 0 Å². The number of hydrogen-bond acceptors (Lipinski definition) is 8. The minimum atomic E-state index is -0.422. The molecule has 10 heteroatoms. The predicted molar refractivity (Wildman–Crippen MR) is 155 cm³/mol. The van der Waals surface area contributed by atoms with Crippen LogP contribution < -0.4 is 5.32 Å². The van der Waals surface area contributed by atoms with Crippen molar-refractivity contribution >= 4 is 34.2 Å². The Hall–Kier alpha value is -2.82. The van der Waals surface area contributed by atoms with Gasteiger partial charge in [0, 0.05) is 82.3 Å². The molecule has 39 heavy (non-hydrogen) atoms. The molecule has 0 spiro atoms. The van der Waals surface area contributed by atoms with Crippen LogP contribution in [0.15, 0.2) is 36.4 Å². The number of carbonyl (C=O) groups is 1. The molecule has 9 nitrogen and oxygen atoms in total. The van der Waals surface area contributed by atoms with Gasteiger partial charge in [-0.1, -0.05) is 37.6 Å². The molecular weight excluding hydrogens is 514 g/mol. The molecule has 0 saturated carbocycles. The first kappa shape index (κ1) is 27.7. The molecule has 0 unspecified atom stereocenters. The molecule has 1 aromatic heterocycles. The largest absolute Gasteiger partial charge is 0.507 e. The number of phenols is 1. The summed E-state index contributed by atoms with van der Waals surface area (Å²) in [5.74, 6) is -0.110. The Balaban J connectivity index is 1.39. The van der Waals surface area contributed by atoms with Gasteiger partial charge in [-0.15, -0.1) is 0 Å². The van der Waals surface area contributed by atoms with Crippen molar-refractivity contribution in [1.29, 1.82) is 0 Å². The lowest BCUT2D eigenvalue weighted by atomic mass is 10.0. The van der Waals surface area contributed by atoms with Crippen LogP contribution in [0.5, 0.6) is 5.75 Å². The zero-order chi connectivity index (χ0) is 27.4. The van der Waals surface area contributed by atoms with Crippen molar-refractivity contribution in [3.05, 3.63) is 58.4 Å². The zero-order valence-corrected chi connectivity index (χ0v) is 23.6. The summed E-state index contributed by atoms with van der Waals surface area (Å²) < 4.78 is 0. The Kier molecular flexibility index (Phi) is 8.94. The number of anilines is 1. The van der Waals surface area contributed by atoms with Crippen LogP contribution in [0.2, 0.25) is 5.15 Å². The number of fused-ring (bicyclic) bond motifs is 1. The van der Waals surface area contributed by atoms with Gasteiger partial charge < -0.3 is 20.2 Å². The van der Waals surface area contributed by atoms with E-state index >= 15 is 0 Å². The number of aromatic nitrogens is 2. The number of amides is 1. The minimum absolute atomic E-state index is 0.0630. The molecule has 2 aliphatic rings. The summed E-state index contributed by atoms with van der Waals surface area (Å²) in [7, 11) is 0. The Morgan fingerprint density at radius 3 is 1.77 bits per heavy atom. The number of rotatable bonds is 8. The SMILES string of the molecule is CCN1CCN(Cc2cc(NC(=O)c3nc4ccccc4nc3Cl)cc(CN3CCN(CC)CC3)c2O)CC1. The van der Waals surface area contributed by atoms with Crippen molar-refractivity contribution in [1.82, 2.24) is 29.6 Å². The van der Waals surface area contributed by atoms with Crippen molar-refractivity contribution in [2.24, 2.45) is 0 Å². The highest BCUT2D eigenvalue weighted by Gasteiger charge is 2.23. The molecule has 5 rings (SSSR count). The van der Waals surface area contributed by atoms with E-state index < -0.39 is 5.91 Å². The van der Waals surface area contributed by atoms with Crippen molar-refractivity contribution in [2.75, 3.05) is 70.8 Å². The maximum Gasteiger partial charge on any atom is 0.277 e. The predicted octanol–water partition coefficient (Wildman–Crippen LogP) is 3.52. The number of likely N-dealkylation sites (N-methyl/N-ethyl adjacent to an activating group) is 2. The molecular formula is C29H38ClN7O2. The van der Waals surface area contributed by atoms with Crippen molar-refractivity contribution in [2.45, 2.75) is 26.9 Å². The van der Waals surface area contributed by atoms with Gasteiger partial charge in [0.2, 0.25) is 0 Å². The van der Waals surface area contributed by atoms with E-state index in [0.717, 1.165) is 76.6 Å². The Bertz CT molecular complexity index is 1260. The fourth-order valence-corrected chi connectivity index (χ4v) is 5.61. The second-order valence-corrected chi connectivity index (χ2v) is 10.7. The van der Waals surface area contributed by atoms with Crippen LogP contribution in [-0.4, -0.2) is 106 Å². The number of nitrogens with zero attached hydrogens (tertiary/aromatic N) is 6. The number of aromatic hydroxyl groups is 1. The van der Waals surface area contributed by atoms with Crippen LogP contribution in [-0.2, 0) is 13.1 Å². The fourth-order valence-electron chi connectivity index (χ4n) is 5.40. The highest BCUT2D eigenvalue weighted by molar-refractivity contribution is 6.33. The van der Waals surface area contributed by atoms with E-state index in [1.165, 1.54) is 0 Å². The van der Waals surface area contributed by atoms with Gasteiger partial charge in [-0.2, -0.15) is 0 Å². The minimum Gasteiger partial charge on any atom is -0.507 e. The van der Waals surface area contributed by atoms with Crippen LogP contribution in [0, 0.1) is 0 Å². The van der Waals surface area contributed by atoms with E-state index in [1.807, 2.05) is 36.4 Å². The molecule has 2 aromatic carbocycles. The van der Waals surface area contributed by atoms with E-state index in [0.29, 0.717) is 35.6 Å². The van der Waals surface area contributed by atoms with E-state index in [9.17, 15) is 9.90 Å². The van der Waals surface area contributed by atoms with Gasteiger partial charge in [0.25, 0.3) is 5.91 Å². The number of hydrogen-bond donors (Lipinski definition) is 2. The van der Waals surface area contributed by atoms with Gasteiger partial charge in [-0.3, -0.25) is 14.6 Å². The number of halogens is 1. The average Bonchev–Trinajstić information content (AvgIpc) is 2.95. The monoisotopic (exact) mass is 551 g/mol. The number of phenolic OH excluding ortho intramolecular Hbond substituents is 1. The number of nitrogens with one attached hydrogen (secondary N) is 1. The Labute approximate surface area is 235 Å². The smallest absolute Gasteiger partial charge is 0.277 e. The first-order valence-corrected chi connectivity index (χ1v) is 14.3. The summed E-state index contributed by atoms with van der Waals surface area (Å²) in [5, 5.41) is 14.4. The Morgan fingerprint density at radius 1 is 0.821 bits per heavy atom. The summed E-state index contributed by atoms with van der Waals surface area (Å²) in [5.41, 5.74) is 3.58. The molecule has 0 radical (unpaired) electrons. The molecule has 2 fully saturated rings. The van der Waals surface area contributed by atoms with Crippen LogP contribution in [0.3, 0.4) is 0 Å². The third kappa shape index (κ3) is 6.67. The first-order chi connectivity index (χ1) is 18.9. The highest BCUT2D eigenvalue weighted by Crippen LogP contribution is 2.31. The lowest BCUT2D eigenvalue weighted by Gasteiger charge is -2.35. The number of benzene rings is 2. The standard InChI is InChI=1S/C29H38ClN7O2/c1-3-34-9-13-36(14-10-34)19-21-17-23(18-22(27(21)38)20-37-15-11-35(4-2)12-16-37)31-29(39)26-28(30)33-25-8-6-5-7-24(25)32-26/h5-8,17-18,38H,3-4,9-16,19-20H2,1-2H3,(H,31,39). The van der Waals surface area contributed by atoms with E-state index in [2.05, 4.69) is 48.7 Å². The summed E-state index contributed by atoms with van der Waals surface area (Å²) in [6, 6.07) is 11.1. The van der Waals surface area contributed by atoms with Crippen LogP contribution >= 0.6 is 11.6 Å². The fraction of sp³-hybridized carbons (Fsp3) is 0.483. The molecule has 0 bridgehead atoms. The third-order valence-corrected chi connectivity index (χ3v) is 8.14. The Morgan fingerprint density at radius 2 is 1.28 bits per heavy atom. The summed E-state index contributed by atoms with van der Waals surface area (Å²) >= 11 is 6.36. The normalized spacial score (nSPS) is 18.0. The summed E-state index contributed by atoms with van der Waals surface area (Å²) in [6.45, 7) is 15.6. The second-order valence-electron chi connectivity index (χ2n) is 10.4. The number of piperazine rings is 2. The maximum absolute atomic E-state index is 13.3. The van der Waals surface area contributed by atoms with Crippen LogP contribution in [0.25, 0.3) is 11.0 Å². The van der Waals surface area contributed by atoms with Gasteiger partial charge in [-0.05, 0) is 37.4 Å². The van der Waals surface area contributed by atoms with E-state index in [1.54, 1.807) is 0 Å². The molecule has 208 valence electrons. The number of para-hydroxylation sites is 2. The van der Waals surface area contributed by atoms with Crippen LogP contribution in [0.1, 0.15) is 35.5 Å². The molecule has 0 aliphatic carbocycles. The topological polar surface area (TPSA) is 88.1 Å². The average molecular weight is 552 g/mol. The van der Waals surface area contributed by atoms with E-state index in [-0.39, 0.29) is 10.8 Å². The number of carbonyl (C=O) groups excluding carboxylic acids is 1. The van der Waals surface area contributed by atoms with E-state index in [4.69, 9.17) is 11.6 Å². The van der Waals surface area contributed by atoms with Gasteiger partial charge >= 0.3 is 0 Å². The summed E-state index contributed by atoms with van der Waals surface area (Å²) in [4.78, 5) is 31.7. The summed E-state index contributed by atoms with van der Waals surface area (Å²) in [6.07, 6.45) is 0. The highest BCUT2D eigenvalue weighted by atomic mass is 35.5. The lowest BCUT2D eigenvalue weighted by Crippen LogP contribution is -2.46. The second kappa shape index (κ2) is 12.6. The lowest BCUT2D eigenvalue weighted by molar-refractivity contribution is 0.102. The van der Waals surface area contributed by atoms with Crippen molar-refractivity contribution < 1.29 is 9.90 Å².